The normalized spacial score (nSPS) is 25.4. The molecule has 1 aliphatic heterocycles. The van der Waals surface area contributed by atoms with Gasteiger partial charge in [-0.2, -0.15) is 0 Å². The number of benzene rings is 1. The molecule has 0 atom stereocenters. The van der Waals surface area contributed by atoms with Crippen LogP contribution >= 0.6 is 0 Å². The number of fused-ring (bicyclic) bond motifs is 1. The van der Waals surface area contributed by atoms with E-state index in [1.54, 1.807) is 0 Å². The lowest BCUT2D eigenvalue weighted by atomic mass is 9.69. The van der Waals surface area contributed by atoms with Gasteiger partial charge in [0, 0.05) is 24.8 Å². The Labute approximate surface area is 126 Å². The van der Waals surface area contributed by atoms with E-state index >= 15 is 0 Å². The van der Waals surface area contributed by atoms with E-state index in [0.29, 0.717) is 0 Å². The van der Waals surface area contributed by atoms with Crippen LogP contribution in [0.3, 0.4) is 0 Å². The van der Waals surface area contributed by atoms with Crippen LogP contribution in [0.1, 0.15) is 63.4 Å². The van der Waals surface area contributed by atoms with Crippen LogP contribution in [-0.4, -0.2) is 12.3 Å². The first-order valence-corrected chi connectivity index (χ1v) is 8.48. The van der Waals surface area contributed by atoms with Crippen molar-refractivity contribution in [3.05, 3.63) is 23.8 Å². The molecule has 1 aromatic rings. The summed E-state index contributed by atoms with van der Waals surface area (Å²) in [7, 11) is 0. The second-order valence-electron chi connectivity index (χ2n) is 7.03. The molecular formula is C18H25NO2. The molecule has 114 valence electrons. The molecule has 1 aromatic carbocycles. The third-order valence-corrected chi connectivity index (χ3v) is 5.71. The number of nitrogens with two attached hydrogens (primary N) is 1. The molecule has 0 saturated heterocycles. The molecule has 4 rings (SSSR count). The van der Waals surface area contributed by atoms with Crippen LogP contribution in [0.5, 0.6) is 11.5 Å². The lowest BCUT2D eigenvalue weighted by Gasteiger charge is -2.36. The van der Waals surface area contributed by atoms with Crippen LogP contribution in [0.15, 0.2) is 18.2 Å². The maximum absolute atomic E-state index is 6.21. The summed E-state index contributed by atoms with van der Waals surface area (Å²) in [5, 5.41) is 0. The molecule has 2 saturated carbocycles. The SMILES string of the molecule is NCC1(c2ccc3c(c2)OC2(CCCC2)O3)CCCCC1. The highest BCUT2D eigenvalue weighted by molar-refractivity contribution is 5.48. The average molecular weight is 287 g/mol. The van der Waals surface area contributed by atoms with Crippen LogP contribution < -0.4 is 15.2 Å². The van der Waals surface area contributed by atoms with Gasteiger partial charge in [-0.05, 0) is 43.4 Å². The van der Waals surface area contributed by atoms with Gasteiger partial charge in [-0.3, -0.25) is 0 Å². The smallest absolute Gasteiger partial charge is 0.251 e. The van der Waals surface area contributed by atoms with Crippen molar-refractivity contribution in [3.63, 3.8) is 0 Å². The Balaban J connectivity index is 1.65. The first kappa shape index (κ1) is 13.4. The molecule has 3 aliphatic rings. The van der Waals surface area contributed by atoms with Crippen LogP contribution in [0.2, 0.25) is 0 Å². The van der Waals surface area contributed by atoms with Crippen LogP contribution in [0.4, 0.5) is 0 Å². The fourth-order valence-electron chi connectivity index (χ4n) is 4.38. The topological polar surface area (TPSA) is 44.5 Å². The molecule has 0 radical (unpaired) electrons. The summed E-state index contributed by atoms with van der Waals surface area (Å²) in [5.74, 6) is 1.50. The third kappa shape index (κ3) is 2.13. The van der Waals surface area contributed by atoms with Crippen molar-refractivity contribution >= 4 is 0 Å². The second kappa shape index (κ2) is 4.91. The maximum atomic E-state index is 6.21. The molecule has 2 fully saturated rings. The van der Waals surface area contributed by atoms with Gasteiger partial charge in [0.05, 0.1) is 0 Å². The third-order valence-electron chi connectivity index (χ3n) is 5.71. The van der Waals surface area contributed by atoms with Crippen LogP contribution in [-0.2, 0) is 5.41 Å². The Morgan fingerprint density at radius 1 is 0.857 bits per heavy atom. The van der Waals surface area contributed by atoms with Crippen molar-refractivity contribution in [2.75, 3.05) is 6.54 Å². The Kier molecular flexibility index (Phi) is 3.14. The standard InChI is InChI=1S/C18H25NO2/c19-13-17(8-2-1-3-9-17)14-6-7-15-16(12-14)21-18(20-15)10-4-5-11-18/h6-7,12H,1-5,8-11,13,19H2. The van der Waals surface area contributed by atoms with E-state index in [1.807, 2.05) is 0 Å². The van der Waals surface area contributed by atoms with Crippen molar-refractivity contribution in [3.8, 4) is 11.5 Å². The van der Waals surface area contributed by atoms with E-state index in [0.717, 1.165) is 30.9 Å². The first-order chi connectivity index (χ1) is 10.3. The largest absolute Gasteiger partial charge is 0.448 e. The van der Waals surface area contributed by atoms with Crippen molar-refractivity contribution in [1.29, 1.82) is 0 Å². The highest BCUT2D eigenvalue weighted by atomic mass is 16.7. The number of hydrogen-bond donors (Lipinski definition) is 1. The summed E-state index contributed by atoms with van der Waals surface area (Å²) >= 11 is 0. The predicted molar refractivity (Wildman–Crippen MR) is 82.7 cm³/mol. The Hall–Kier alpha value is -1.22. The predicted octanol–water partition coefficient (Wildman–Crippen LogP) is 3.89. The van der Waals surface area contributed by atoms with Gasteiger partial charge in [0.25, 0.3) is 5.79 Å². The molecule has 21 heavy (non-hydrogen) atoms. The van der Waals surface area contributed by atoms with E-state index < -0.39 is 0 Å². The fraction of sp³-hybridized carbons (Fsp3) is 0.667. The molecular weight excluding hydrogens is 262 g/mol. The molecule has 3 nitrogen and oxygen atoms in total. The monoisotopic (exact) mass is 287 g/mol. The van der Waals surface area contributed by atoms with Crippen molar-refractivity contribution in [2.45, 2.75) is 69.0 Å². The van der Waals surface area contributed by atoms with Gasteiger partial charge in [0.2, 0.25) is 0 Å². The van der Waals surface area contributed by atoms with Gasteiger partial charge in [0.1, 0.15) is 0 Å². The minimum Gasteiger partial charge on any atom is -0.448 e. The highest BCUT2D eigenvalue weighted by Gasteiger charge is 2.44. The number of rotatable bonds is 2. The zero-order chi connectivity index (χ0) is 14.3. The lowest BCUT2D eigenvalue weighted by Crippen LogP contribution is -2.37. The molecule has 0 aromatic heterocycles. The maximum Gasteiger partial charge on any atom is 0.251 e. The molecule has 3 heteroatoms. The summed E-state index contributed by atoms with van der Waals surface area (Å²) in [5.41, 5.74) is 7.66. The van der Waals surface area contributed by atoms with E-state index in [2.05, 4.69) is 18.2 Å². The van der Waals surface area contributed by atoms with E-state index in [1.165, 1.54) is 50.5 Å². The van der Waals surface area contributed by atoms with Gasteiger partial charge in [-0.1, -0.05) is 25.3 Å². The minimum absolute atomic E-state index is 0.155. The molecule has 1 spiro atoms. The zero-order valence-corrected chi connectivity index (χ0v) is 12.7. The number of hydrogen-bond acceptors (Lipinski definition) is 3. The van der Waals surface area contributed by atoms with Crippen molar-refractivity contribution < 1.29 is 9.47 Å². The van der Waals surface area contributed by atoms with E-state index in [4.69, 9.17) is 15.2 Å². The van der Waals surface area contributed by atoms with Crippen LogP contribution in [0, 0.1) is 0 Å². The van der Waals surface area contributed by atoms with Crippen molar-refractivity contribution in [2.24, 2.45) is 5.73 Å². The molecule has 2 N–H and O–H groups in total. The van der Waals surface area contributed by atoms with E-state index in [-0.39, 0.29) is 11.2 Å². The van der Waals surface area contributed by atoms with Gasteiger partial charge >= 0.3 is 0 Å². The summed E-state index contributed by atoms with van der Waals surface area (Å²) in [6.45, 7) is 0.734. The molecule has 2 aliphatic carbocycles. The zero-order valence-electron chi connectivity index (χ0n) is 12.7. The Morgan fingerprint density at radius 3 is 2.24 bits per heavy atom. The fourth-order valence-corrected chi connectivity index (χ4v) is 4.38. The average Bonchev–Trinajstić information content (AvgIpc) is 3.13. The molecule has 1 heterocycles. The lowest BCUT2D eigenvalue weighted by molar-refractivity contribution is -0.0716. The summed E-state index contributed by atoms with van der Waals surface area (Å²) in [6.07, 6.45) is 10.8. The minimum atomic E-state index is -0.358. The molecule has 0 unspecified atom stereocenters. The summed E-state index contributed by atoms with van der Waals surface area (Å²) in [4.78, 5) is 0. The number of ether oxygens (including phenoxy) is 2. The summed E-state index contributed by atoms with van der Waals surface area (Å²) in [6, 6.07) is 6.53. The first-order valence-electron chi connectivity index (χ1n) is 8.48. The molecule has 0 amide bonds. The molecule has 0 bridgehead atoms. The Bertz CT molecular complexity index is 528. The van der Waals surface area contributed by atoms with Crippen LogP contribution in [0.25, 0.3) is 0 Å². The highest BCUT2D eigenvalue weighted by Crippen LogP contribution is 2.49. The van der Waals surface area contributed by atoms with Gasteiger partial charge in [-0.25, -0.2) is 0 Å². The summed E-state index contributed by atoms with van der Waals surface area (Å²) < 4.78 is 12.3. The van der Waals surface area contributed by atoms with Gasteiger partial charge in [-0.15, -0.1) is 0 Å². The van der Waals surface area contributed by atoms with Gasteiger partial charge < -0.3 is 15.2 Å². The van der Waals surface area contributed by atoms with Crippen molar-refractivity contribution in [1.82, 2.24) is 0 Å². The van der Waals surface area contributed by atoms with Gasteiger partial charge in [0.15, 0.2) is 11.5 Å². The second-order valence-corrected chi connectivity index (χ2v) is 7.03. The van der Waals surface area contributed by atoms with E-state index in [9.17, 15) is 0 Å². The Morgan fingerprint density at radius 2 is 1.52 bits per heavy atom. The quantitative estimate of drug-likeness (QED) is 0.897.